The second-order valence-corrected chi connectivity index (χ2v) is 6.15. The molecule has 0 spiro atoms. The van der Waals surface area contributed by atoms with E-state index in [0.29, 0.717) is 11.4 Å². The van der Waals surface area contributed by atoms with Gasteiger partial charge in [-0.05, 0) is 19.4 Å². The van der Waals surface area contributed by atoms with Gasteiger partial charge in [0.2, 0.25) is 10.0 Å². The first kappa shape index (κ1) is 15.1. The van der Waals surface area contributed by atoms with Crippen molar-refractivity contribution in [2.75, 3.05) is 0 Å². The van der Waals surface area contributed by atoms with Crippen molar-refractivity contribution in [3.63, 3.8) is 0 Å². The zero-order valence-corrected chi connectivity index (χ0v) is 12.2. The van der Waals surface area contributed by atoms with E-state index >= 15 is 0 Å². The number of imidazole rings is 1. The normalized spacial score (nSPS) is 13.0. The highest BCUT2D eigenvalue weighted by Gasteiger charge is 2.29. The van der Waals surface area contributed by atoms with E-state index in [2.05, 4.69) is 14.7 Å². The Balaban J connectivity index is 2.43. The van der Waals surface area contributed by atoms with Crippen LogP contribution >= 0.6 is 0 Å². The number of rotatable bonds is 5. The van der Waals surface area contributed by atoms with Crippen molar-refractivity contribution in [1.29, 1.82) is 0 Å². The van der Waals surface area contributed by atoms with Crippen LogP contribution in [0.2, 0.25) is 0 Å². The maximum absolute atomic E-state index is 12.4. The molecule has 0 aliphatic heterocycles. The van der Waals surface area contributed by atoms with Gasteiger partial charge in [0.05, 0.1) is 11.0 Å². The van der Waals surface area contributed by atoms with Gasteiger partial charge in [0.15, 0.2) is 4.90 Å². The second-order valence-electron chi connectivity index (χ2n) is 4.50. The smallest absolute Gasteiger partial charge is 0.289 e. The number of aryl methyl sites for hydroxylation is 1. The third-order valence-electron chi connectivity index (χ3n) is 2.92. The second kappa shape index (κ2) is 5.62. The first-order valence-electron chi connectivity index (χ1n) is 6.08. The Kier molecular flexibility index (Phi) is 4.05. The Labute approximate surface area is 121 Å². The van der Waals surface area contributed by atoms with Gasteiger partial charge < -0.3 is 4.98 Å². The number of nitro groups is 1. The van der Waals surface area contributed by atoms with E-state index in [1.807, 2.05) is 0 Å². The largest absolute Gasteiger partial charge is 0.347 e. The molecule has 1 aromatic heterocycles. The summed E-state index contributed by atoms with van der Waals surface area (Å²) in [6, 6.07) is 3.49. The molecule has 0 aliphatic carbocycles. The molecule has 0 saturated heterocycles. The molecule has 8 nitrogen and oxygen atoms in total. The number of hydrogen-bond acceptors (Lipinski definition) is 5. The highest BCUT2D eigenvalue weighted by Crippen LogP contribution is 2.27. The molecule has 21 heavy (non-hydrogen) atoms. The van der Waals surface area contributed by atoms with Crippen molar-refractivity contribution >= 4 is 15.7 Å². The summed E-state index contributed by atoms with van der Waals surface area (Å²) in [6.45, 7) is 3.11. The van der Waals surface area contributed by atoms with Crippen molar-refractivity contribution in [3.05, 3.63) is 52.1 Å². The van der Waals surface area contributed by atoms with Gasteiger partial charge in [0.1, 0.15) is 5.82 Å². The lowest BCUT2D eigenvalue weighted by Gasteiger charge is -2.13. The number of aromatic nitrogens is 2. The van der Waals surface area contributed by atoms with Gasteiger partial charge in [-0.2, -0.15) is 0 Å². The fourth-order valence-electron chi connectivity index (χ4n) is 1.99. The van der Waals surface area contributed by atoms with Crippen LogP contribution in [0.3, 0.4) is 0 Å². The minimum atomic E-state index is -4.04. The summed E-state index contributed by atoms with van der Waals surface area (Å²) >= 11 is 0. The van der Waals surface area contributed by atoms with Crippen molar-refractivity contribution < 1.29 is 13.3 Å². The fourth-order valence-corrected chi connectivity index (χ4v) is 3.60. The van der Waals surface area contributed by atoms with E-state index in [9.17, 15) is 18.5 Å². The van der Waals surface area contributed by atoms with Crippen molar-refractivity contribution in [2.24, 2.45) is 0 Å². The quantitative estimate of drug-likeness (QED) is 0.643. The van der Waals surface area contributed by atoms with Crippen LogP contribution < -0.4 is 4.72 Å². The average molecular weight is 310 g/mol. The lowest BCUT2D eigenvalue weighted by Crippen LogP contribution is -2.28. The van der Waals surface area contributed by atoms with Crippen LogP contribution in [-0.2, 0) is 10.0 Å². The van der Waals surface area contributed by atoms with Gasteiger partial charge in [0, 0.05) is 18.5 Å². The predicted octanol–water partition coefficient (Wildman–Crippen LogP) is 1.67. The summed E-state index contributed by atoms with van der Waals surface area (Å²) < 4.78 is 27.2. The SMILES string of the molecule is Cc1cccc([N+](=O)[O-])c1S(=O)(=O)NC(C)c1ncc[nH]1. The number of aromatic amines is 1. The minimum Gasteiger partial charge on any atom is -0.347 e. The number of nitrogens with one attached hydrogen (secondary N) is 2. The molecule has 1 atom stereocenters. The molecule has 0 aliphatic rings. The van der Waals surface area contributed by atoms with Crippen LogP contribution in [0.25, 0.3) is 0 Å². The van der Waals surface area contributed by atoms with Gasteiger partial charge >= 0.3 is 0 Å². The maximum atomic E-state index is 12.4. The molecular formula is C12H14N4O4S. The number of H-pyrrole nitrogens is 1. The number of nitrogens with zero attached hydrogens (tertiary/aromatic N) is 2. The van der Waals surface area contributed by atoms with E-state index in [-0.39, 0.29) is 4.90 Å². The molecule has 0 bridgehead atoms. The number of benzene rings is 1. The molecule has 9 heteroatoms. The van der Waals surface area contributed by atoms with E-state index in [1.54, 1.807) is 13.1 Å². The van der Waals surface area contributed by atoms with Crippen molar-refractivity contribution in [2.45, 2.75) is 24.8 Å². The number of sulfonamides is 1. The van der Waals surface area contributed by atoms with Crippen LogP contribution in [0.5, 0.6) is 0 Å². The molecule has 2 N–H and O–H groups in total. The van der Waals surface area contributed by atoms with E-state index in [4.69, 9.17) is 0 Å². The van der Waals surface area contributed by atoms with Gasteiger partial charge in [0.25, 0.3) is 5.69 Å². The van der Waals surface area contributed by atoms with Crippen LogP contribution in [0.15, 0.2) is 35.5 Å². The van der Waals surface area contributed by atoms with Gasteiger partial charge in [-0.25, -0.2) is 18.1 Å². The first-order valence-corrected chi connectivity index (χ1v) is 7.57. The monoisotopic (exact) mass is 310 g/mol. The summed E-state index contributed by atoms with van der Waals surface area (Å²) in [5.74, 6) is 0.426. The standard InChI is InChI=1S/C12H14N4O4S/c1-8-4-3-5-10(16(17)18)11(8)21(19,20)15-9(2)12-13-6-7-14-12/h3-7,9,15H,1-2H3,(H,13,14). The zero-order valence-electron chi connectivity index (χ0n) is 11.4. The van der Waals surface area contributed by atoms with Crippen LogP contribution in [0.4, 0.5) is 5.69 Å². The molecule has 1 aromatic carbocycles. The Morgan fingerprint density at radius 3 is 2.71 bits per heavy atom. The van der Waals surface area contributed by atoms with Crippen molar-refractivity contribution in [3.8, 4) is 0 Å². The lowest BCUT2D eigenvalue weighted by molar-refractivity contribution is -0.387. The molecule has 1 heterocycles. The van der Waals surface area contributed by atoms with Crippen LogP contribution in [0, 0.1) is 17.0 Å². The minimum absolute atomic E-state index is 0.309. The molecular weight excluding hydrogens is 296 g/mol. The first-order chi connectivity index (χ1) is 9.83. The highest BCUT2D eigenvalue weighted by atomic mass is 32.2. The molecule has 112 valence electrons. The van der Waals surface area contributed by atoms with E-state index < -0.39 is 26.7 Å². The fraction of sp³-hybridized carbons (Fsp3) is 0.250. The molecule has 2 rings (SSSR count). The maximum Gasteiger partial charge on any atom is 0.289 e. The Morgan fingerprint density at radius 1 is 1.43 bits per heavy atom. The topological polar surface area (TPSA) is 118 Å². The third-order valence-corrected chi connectivity index (χ3v) is 4.65. The summed E-state index contributed by atoms with van der Waals surface area (Å²) in [7, 11) is -4.04. The van der Waals surface area contributed by atoms with E-state index in [0.717, 1.165) is 0 Å². The van der Waals surface area contributed by atoms with Crippen molar-refractivity contribution in [1.82, 2.24) is 14.7 Å². The Morgan fingerprint density at radius 2 is 2.14 bits per heavy atom. The summed E-state index contributed by atoms with van der Waals surface area (Å²) in [6.07, 6.45) is 3.06. The Bertz CT molecular complexity index is 756. The molecule has 0 radical (unpaired) electrons. The van der Waals surface area contributed by atoms with Gasteiger partial charge in [-0.3, -0.25) is 10.1 Å². The zero-order chi connectivity index (χ0) is 15.6. The highest BCUT2D eigenvalue weighted by molar-refractivity contribution is 7.89. The molecule has 2 aromatic rings. The molecule has 0 saturated carbocycles. The lowest BCUT2D eigenvalue weighted by atomic mass is 10.2. The van der Waals surface area contributed by atoms with Gasteiger partial charge in [-0.1, -0.05) is 12.1 Å². The third kappa shape index (κ3) is 3.09. The molecule has 1 unspecified atom stereocenters. The summed E-state index contributed by atoms with van der Waals surface area (Å²) in [5, 5.41) is 11.0. The van der Waals surface area contributed by atoms with Gasteiger partial charge in [-0.15, -0.1) is 0 Å². The number of nitro benzene ring substituents is 1. The van der Waals surface area contributed by atoms with E-state index in [1.165, 1.54) is 31.3 Å². The summed E-state index contributed by atoms with van der Waals surface area (Å²) in [4.78, 5) is 16.7. The van der Waals surface area contributed by atoms with Crippen LogP contribution in [-0.4, -0.2) is 23.3 Å². The molecule has 0 fully saturated rings. The predicted molar refractivity (Wildman–Crippen MR) is 75.2 cm³/mol. The van der Waals surface area contributed by atoms with Crippen LogP contribution in [0.1, 0.15) is 24.4 Å². The molecule has 0 amide bonds. The Hall–Kier alpha value is -2.26. The average Bonchev–Trinajstić information content (AvgIpc) is 2.91. The number of hydrogen-bond donors (Lipinski definition) is 2. The summed E-state index contributed by atoms with van der Waals surface area (Å²) in [5.41, 5.74) is -0.141.